The number of nitrogens with one attached hydrogen (secondary N) is 1. The first-order chi connectivity index (χ1) is 10.1. The first-order valence-corrected chi connectivity index (χ1v) is 7.72. The Morgan fingerprint density at radius 2 is 2.43 bits per heavy atom. The standard InChI is InChI=1S/C15H26N4O2/c1-3-15(2,10-16)14(21)18-12-5-4-6-13-11(12)9-17-19(13)7-8-20/h9,12,20H,3-8,10,16H2,1-2H3,(H,18,21). The Bertz CT molecular complexity index is 494. The third-order valence-electron chi connectivity index (χ3n) is 4.66. The molecule has 0 aliphatic heterocycles. The van der Waals surface area contributed by atoms with Crippen molar-refractivity contribution in [2.75, 3.05) is 13.2 Å². The second-order valence-corrected chi connectivity index (χ2v) is 6.03. The number of amides is 1. The Kier molecular flexibility index (Phi) is 5.00. The summed E-state index contributed by atoms with van der Waals surface area (Å²) in [6, 6.07) is 0.00566. The van der Waals surface area contributed by atoms with Gasteiger partial charge in [0.2, 0.25) is 5.91 Å². The topological polar surface area (TPSA) is 93.2 Å². The lowest BCUT2D eigenvalue weighted by molar-refractivity contribution is -0.130. The molecule has 1 aliphatic rings. The van der Waals surface area contributed by atoms with Gasteiger partial charge in [-0.15, -0.1) is 0 Å². The predicted octanol–water partition coefficient (Wildman–Crippen LogP) is 0.744. The van der Waals surface area contributed by atoms with Crippen LogP contribution in [0.15, 0.2) is 6.20 Å². The van der Waals surface area contributed by atoms with Gasteiger partial charge in [0.15, 0.2) is 0 Å². The van der Waals surface area contributed by atoms with Gasteiger partial charge in [-0.25, -0.2) is 0 Å². The van der Waals surface area contributed by atoms with Crippen molar-refractivity contribution in [3.05, 3.63) is 17.5 Å². The van der Waals surface area contributed by atoms with Gasteiger partial charge in [0.1, 0.15) is 0 Å². The molecule has 0 aromatic carbocycles. The summed E-state index contributed by atoms with van der Waals surface area (Å²) in [6.45, 7) is 4.82. The Morgan fingerprint density at radius 3 is 3.05 bits per heavy atom. The van der Waals surface area contributed by atoms with Crippen molar-refractivity contribution in [3.63, 3.8) is 0 Å². The van der Waals surface area contributed by atoms with E-state index in [4.69, 9.17) is 10.8 Å². The molecule has 2 unspecified atom stereocenters. The van der Waals surface area contributed by atoms with Crippen LogP contribution in [-0.2, 0) is 17.8 Å². The lowest BCUT2D eigenvalue weighted by Gasteiger charge is -2.30. The molecule has 6 nitrogen and oxygen atoms in total. The van der Waals surface area contributed by atoms with Crippen LogP contribution < -0.4 is 11.1 Å². The highest BCUT2D eigenvalue weighted by Crippen LogP contribution is 2.31. The second kappa shape index (κ2) is 6.58. The number of nitrogens with zero attached hydrogens (tertiary/aromatic N) is 2. The molecule has 0 saturated heterocycles. The van der Waals surface area contributed by atoms with E-state index in [1.165, 1.54) is 0 Å². The zero-order valence-corrected chi connectivity index (χ0v) is 12.9. The number of hydrogen-bond donors (Lipinski definition) is 3. The van der Waals surface area contributed by atoms with E-state index in [1.54, 1.807) is 0 Å². The summed E-state index contributed by atoms with van der Waals surface area (Å²) in [5, 5.41) is 16.5. The number of carbonyl (C=O) groups excluding carboxylic acids is 1. The van der Waals surface area contributed by atoms with Crippen LogP contribution >= 0.6 is 0 Å². The number of carbonyl (C=O) groups is 1. The van der Waals surface area contributed by atoms with Gasteiger partial charge in [0.05, 0.1) is 30.8 Å². The van der Waals surface area contributed by atoms with E-state index in [9.17, 15) is 4.79 Å². The minimum Gasteiger partial charge on any atom is -0.394 e. The maximum atomic E-state index is 12.5. The first kappa shape index (κ1) is 16.0. The molecule has 1 aromatic heterocycles. The van der Waals surface area contributed by atoms with E-state index < -0.39 is 5.41 Å². The highest BCUT2D eigenvalue weighted by Gasteiger charge is 2.33. The lowest BCUT2D eigenvalue weighted by Crippen LogP contribution is -2.45. The summed E-state index contributed by atoms with van der Waals surface area (Å²) in [6.07, 6.45) is 5.43. The zero-order valence-electron chi connectivity index (χ0n) is 12.9. The number of aromatic nitrogens is 2. The zero-order chi connectivity index (χ0) is 15.5. The largest absolute Gasteiger partial charge is 0.394 e. The van der Waals surface area contributed by atoms with Crippen LogP contribution in [0.3, 0.4) is 0 Å². The molecule has 1 heterocycles. The Labute approximate surface area is 125 Å². The van der Waals surface area contributed by atoms with E-state index in [1.807, 2.05) is 24.7 Å². The molecule has 1 aromatic rings. The van der Waals surface area contributed by atoms with Crippen molar-refractivity contribution in [2.45, 2.75) is 52.1 Å². The van der Waals surface area contributed by atoms with Crippen molar-refractivity contribution in [1.29, 1.82) is 0 Å². The molecule has 118 valence electrons. The highest BCUT2D eigenvalue weighted by atomic mass is 16.3. The first-order valence-electron chi connectivity index (χ1n) is 7.72. The summed E-state index contributed by atoms with van der Waals surface area (Å²) in [7, 11) is 0. The van der Waals surface area contributed by atoms with E-state index >= 15 is 0 Å². The normalized spacial score (nSPS) is 20.7. The van der Waals surface area contributed by atoms with E-state index in [2.05, 4.69) is 10.4 Å². The lowest BCUT2D eigenvalue weighted by atomic mass is 9.85. The average molecular weight is 294 g/mol. The molecule has 1 amide bonds. The smallest absolute Gasteiger partial charge is 0.227 e. The summed E-state index contributed by atoms with van der Waals surface area (Å²) < 4.78 is 1.84. The van der Waals surface area contributed by atoms with Crippen LogP contribution in [0.5, 0.6) is 0 Å². The predicted molar refractivity (Wildman–Crippen MR) is 80.6 cm³/mol. The van der Waals surface area contributed by atoms with Gasteiger partial charge in [-0.1, -0.05) is 6.92 Å². The minimum absolute atomic E-state index is 0.00566. The van der Waals surface area contributed by atoms with Crippen LogP contribution in [0.4, 0.5) is 0 Å². The van der Waals surface area contributed by atoms with E-state index in [-0.39, 0.29) is 18.6 Å². The van der Waals surface area contributed by atoms with Gasteiger partial charge < -0.3 is 16.2 Å². The molecule has 2 atom stereocenters. The SMILES string of the molecule is CCC(C)(CN)C(=O)NC1CCCc2c1cnn2CCO. The molecule has 0 fully saturated rings. The molecule has 21 heavy (non-hydrogen) atoms. The van der Waals surface area contributed by atoms with Crippen LogP contribution in [0, 0.1) is 5.41 Å². The van der Waals surface area contributed by atoms with Crippen molar-refractivity contribution in [1.82, 2.24) is 15.1 Å². The summed E-state index contributed by atoms with van der Waals surface area (Å²) in [5.74, 6) is 0.0141. The van der Waals surface area contributed by atoms with Crippen LogP contribution in [-0.4, -0.2) is 33.9 Å². The maximum Gasteiger partial charge on any atom is 0.227 e. The van der Waals surface area contributed by atoms with Gasteiger partial charge in [-0.05, 0) is 32.6 Å². The number of aliphatic hydroxyl groups is 1. The number of rotatable bonds is 6. The molecule has 6 heteroatoms. The van der Waals surface area contributed by atoms with E-state index in [0.717, 1.165) is 36.9 Å². The highest BCUT2D eigenvalue weighted by molar-refractivity contribution is 5.82. The summed E-state index contributed by atoms with van der Waals surface area (Å²) in [4.78, 5) is 12.5. The Morgan fingerprint density at radius 1 is 1.67 bits per heavy atom. The molecular weight excluding hydrogens is 268 g/mol. The Balaban J connectivity index is 2.15. The molecule has 0 saturated carbocycles. The van der Waals surface area contributed by atoms with Gasteiger partial charge in [0.25, 0.3) is 0 Å². The number of fused-ring (bicyclic) bond motifs is 1. The van der Waals surface area contributed by atoms with Crippen molar-refractivity contribution < 1.29 is 9.90 Å². The molecular formula is C15H26N4O2. The molecule has 1 aliphatic carbocycles. The average Bonchev–Trinajstić information content (AvgIpc) is 2.91. The molecule has 2 rings (SSSR count). The van der Waals surface area contributed by atoms with Gasteiger partial charge in [-0.2, -0.15) is 5.10 Å². The maximum absolute atomic E-state index is 12.5. The van der Waals surface area contributed by atoms with Gasteiger partial charge in [-0.3, -0.25) is 9.48 Å². The van der Waals surface area contributed by atoms with Crippen molar-refractivity contribution in [3.8, 4) is 0 Å². The molecule has 0 bridgehead atoms. The van der Waals surface area contributed by atoms with Gasteiger partial charge in [0, 0.05) is 17.8 Å². The molecule has 0 radical (unpaired) electrons. The minimum atomic E-state index is -0.515. The monoisotopic (exact) mass is 294 g/mol. The summed E-state index contributed by atoms with van der Waals surface area (Å²) >= 11 is 0. The van der Waals surface area contributed by atoms with Crippen LogP contribution in [0.1, 0.15) is 50.4 Å². The number of hydrogen-bond acceptors (Lipinski definition) is 4. The molecule has 0 spiro atoms. The van der Waals surface area contributed by atoms with Crippen LogP contribution in [0.2, 0.25) is 0 Å². The van der Waals surface area contributed by atoms with E-state index in [0.29, 0.717) is 13.1 Å². The Hall–Kier alpha value is -1.40. The van der Waals surface area contributed by atoms with Crippen molar-refractivity contribution >= 4 is 5.91 Å². The fraction of sp³-hybridized carbons (Fsp3) is 0.733. The van der Waals surface area contributed by atoms with Crippen molar-refractivity contribution in [2.24, 2.45) is 11.1 Å². The number of aliphatic hydroxyl groups excluding tert-OH is 1. The quantitative estimate of drug-likeness (QED) is 0.721. The third-order valence-corrected chi connectivity index (χ3v) is 4.66. The third kappa shape index (κ3) is 3.11. The molecule has 4 N–H and O–H groups in total. The second-order valence-electron chi connectivity index (χ2n) is 6.03. The van der Waals surface area contributed by atoms with Crippen LogP contribution in [0.25, 0.3) is 0 Å². The summed E-state index contributed by atoms with van der Waals surface area (Å²) in [5.41, 5.74) is 7.45. The fourth-order valence-corrected chi connectivity index (χ4v) is 2.79. The van der Waals surface area contributed by atoms with Gasteiger partial charge >= 0.3 is 0 Å². The number of nitrogens with two attached hydrogens (primary N) is 1. The fourth-order valence-electron chi connectivity index (χ4n) is 2.79.